The van der Waals surface area contributed by atoms with Crippen molar-refractivity contribution >= 4 is 17.3 Å². The standard InChI is InChI=1S/C13H18N2O3/c1-15(10-4-6-18-7-5-10)12-8-9(13(16)17)2-3-11(12)14/h2-3,8,10H,4-7,14H2,1H3,(H,16,17). The molecule has 0 aromatic heterocycles. The Morgan fingerprint density at radius 3 is 2.72 bits per heavy atom. The maximum Gasteiger partial charge on any atom is 0.335 e. The SMILES string of the molecule is CN(c1cc(C(=O)O)ccc1N)C1CCOCC1. The molecule has 1 aromatic carbocycles. The molecule has 1 aliphatic heterocycles. The molecular formula is C13H18N2O3. The molecule has 1 aliphatic rings. The number of anilines is 2. The Morgan fingerprint density at radius 1 is 1.44 bits per heavy atom. The number of carbonyl (C=O) groups is 1. The first-order chi connectivity index (χ1) is 8.59. The van der Waals surface area contributed by atoms with Crippen LogP contribution in [0.5, 0.6) is 0 Å². The fourth-order valence-corrected chi connectivity index (χ4v) is 2.25. The van der Waals surface area contributed by atoms with Crippen LogP contribution in [0.15, 0.2) is 18.2 Å². The fourth-order valence-electron chi connectivity index (χ4n) is 2.25. The van der Waals surface area contributed by atoms with E-state index in [2.05, 4.69) is 4.90 Å². The quantitative estimate of drug-likeness (QED) is 0.797. The summed E-state index contributed by atoms with van der Waals surface area (Å²) < 4.78 is 5.33. The molecule has 98 valence electrons. The summed E-state index contributed by atoms with van der Waals surface area (Å²) in [6.45, 7) is 1.49. The lowest BCUT2D eigenvalue weighted by Gasteiger charge is -2.33. The predicted octanol–water partition coefficient (Wildman–Crippen LogP) is 1.58. The number of hydrogen-bond acceptors (Lipinski definition) is 4. The van der Waals surface area contributed by atoms with E-state index >= 15 is 0 Å². The summed E-state index contributed by atoms with van der Waals surface area (Å²) in [5.74, 6) is -0.934. The van der Waals surface area contributed by atoms with Crippen molar-refractivity contribution in [2.45, 2.75) is 18.9 Å². The Labute approximate surface area is 106 Å². The van der Waals surface area contributed by atoms with Crippen molar-refractivity contribution in [1.82, 2.24) is 0 Å². The number of ether oxygens (including phenoxy) is 1. The molecule has 0 radical (unpaired) electrons. The van der Waals surface area contributed by atoms with Gasteiger partial charge in [0.15, 0.2) is 0 Å². The van der Waals surface area contributed by atoms with Crippen molar-refractivity contribution in [1.29, 1.82) is 0 Å². The zero-order valence-corrected chi connectivity index (χ0v) is 10.4. The number of carboxylic acid groups (broad SMARTS) is 1. The van der Waals surface area contributed by atoms with Crippen LogP contribution in [0.4, 0.5) is 11.4 Å². The minimum atomic E-state index is -0.934. The van der Waals surface area contributed by atoms with Crippen LogP contribution in [0, 0.1) is 0 Å². The normalized spacial score (nSPS) is 16.5. The third-order valence-corrected chi connectivity index (χ3v) is 3.40. The van der Waals surface area contributed by atoms with Gasteiger partial charge in [-0.25, -0.2) is 4.79 Å². The molecule has 5 heteroatoms. The Balaban J connectivity index is 2.25. The van der Waals surface area contributed by atoms with Crippen molar-refractivity contribution in [2.24, 2.45) is 0 Å². The molecule has 1 saturated heterocycles. The molecule has 0 atom stereocenters. The molecule has 1 heterocycles. The summed E-state index contributed by atoms with van der Waals surface area (Å²) in [5, 5.41) is 9.01. The summed E-state index contributed by atoms with van der Waals surface area (Å²) in [6.07, 6.45) is 1.88. The van der Waals surface area contributed by atoms with E-state index in [0.717, 1.165) is 31.7 Å². The number of carboxylic acids is 1. The highest BCUT2D eigenvalue weighted by molar-refractivity contribution is 5.90. The predicted molar refractivity (Wildman–Crippen MR) is 70.1 cm³/mol. The molecule has 3 N–H and O–H groups in total. The topological polar surface area (TPSA) is 75.8 Å². The Kier molecular flexibility index (Phi) is 3.72. The van der Waals surface area contributed by atoms with Crippen LogP contribution in [0.25, 0.3) is 0 Å². The number of aromatic carboxylic acids is 1. The molecule has 0 unspecified atom stereocenters. The van der Waals surface area contributed by atoms with Crippen molar-refractivity contribution in [2.75, 3.05) is 30.9 Å². The molecule has 5 nitrogen and oxygen atoms in total. The maximum absolute atomic E-state index is 11.0. The van der Waals surface area contributed by atoms with Crippen LogP contribution in [0.2, 0.25) is 0 Å². The molecule has 0 saturated carbocycles. The van der Waals surface area contributed by atoms with Gasteiger partial charge in [0, 0.05) is 26.3 Å². The Bertz CT molecular complexity index is 442. The van der Waals surface area contributed by atoms with Gasteiger partial charge in [0.1, 0.15) is 0 Å². The molecule has 1 aromatic rings. The van der Waals surface area contributed by atoms with E-state index in [-0.39, 0.29) is 5.56 Å². The van der Waals surface area contributed by atoms with Crippen molar-refractivity contribution in [3.05, 3.63) is 23.8 Å². The van der Waals surface area contributed by atoms with Crippen LogP contribution in [0.3, 0.4) is 0 Å². The maximum atomic E-state index is 11.0. The van der Waals surface area contributed by atoms with E-state index in [4.69, 9.17) is 15.6 Å². The van der Waals surface area contributed by atoms with Gasteiger partial charge in [-0.05, 0) is 31.0 Å². The second-order valence-corrected chi connectivity index (χ2v) is 4.53. The van der Waals surface area contributed by atoms with Gasteiger partial charge in [-0.2, -0.15) is 0 Å². The first-order valence-corrected chi connectivity index (χ1v) is 6.03. The largest absolute Gasteiger partial charge is 0.478 e. The Morgan fingerprint density at radius 2 is 2.11 bits per heavy atom. The molecule has 2 rings (SSSR count). The minimum absolute atomic E-state index is 0.262. The highest BCUT2D eigenvalue weighted by atomic mass is 16.5. The van der Waals surface area contributed by atoms with Gasteiger partial charge in [0.2, 0.25) is 0 Å². The third-order valence-electron chi connectivity index (χ3n) is 3.40. The van der Waals surface area contributed by atoms with Crippen LogP contribution >= 0.6 is 0 Å². The monoisotopic (exact) mass is 250 g/mol. The smallest absolute Gasteiger partial charge is 0.335 e. The van der Waals surface area contributed by atoms with Crippen molar-refractivity contribution < 1.29 is 14.6 Å². The zero-order chi connectivity index (χ0) is 13.1. The first-order valence-electron chi connectivity index (χ1n) is 6.03. The molecule has 1 fully saturated rings. The Hall–Kier alpha value is -1.75. The second-order valence-electron chi connectivity index (χ2n) is 4.53. The number of rotatable bonds is 3. The van der Waals surface area contributed by atoms with E-state index < -0.39 is 5.97 Å². The first kappa shape index (κ1) is 12.7. The molecule has 0 spiro atoms. The fraction of sp³-hybridized carbons (Fsp3) is 0.462. The third kappa shape index (κ3) is 2.56. The van der Waals surface area contributed by atoms with E-state index in [9.17, 15) is 4.79 Å². The number of nitrogens with zero attached hydrogens (tertiary/aromatic N) is 1. The van der Waals surface area contributed by atoms with Gasteiger partial charge in [0.05, 0.1) is 16.9 Å². The van der Waals surface area contributed by atoms with Crippen LogP contribution in [-0.4, -0.2) is 37.4 Å². The average Bonchev–Trinajstić information content (AvgIpc) is 2.39. The van der Waals surface area contributed by atoms with Crippen molar-refractivity contribution in [3.8, 4) is 0 Å². The average molecular weight is 250 g/mol. The highest BCUT2D eigenvalue weighted by Gasteiger charge is 2.21. The second kappa shape index (κ2) is 5.27. The number of nitrogens with two attached hydrogens (primary N) is 1. The molecule has 0 aliphatic carbocycles. The number of hydrogen-bond donors (Lipinski definition) is 2. The molecule has 0 amide bonds. The van der Waals surface area contributed by atoms with E-state index in [0.29, 0.717) is 11.7 Å². The van der Waals surface area contributed by atoms with Gasteiger partial charge in [-0.3, -0.25) is 0 Å². The van der Waals surface area contributed by atoms with Gasteiger partial charge in [0.25, 0.3) is 0 Å². The van der Waals surface area contributed by atoms with Gasteiger partial charge < -0.3 is 20.5 Å². The lowest BCUT2D eigenvalue weighted by molar-refractivity contribution is 0.0696. The van der Waals surface area contributed by atoms with Gasteiger partial charge >= 0.3 is 5.97 Å². The van der Waals surface area contributed by atoms with Gasteiger partial charge in [-0.1, -0.05) is 0 Å². The zero-order valence-electron chi connectivity index (χ0n) is 10.4. The van der Waals surface area contributed by atoms with Crippen LogP contribution < -0.4 is 10.6 Å². The molecular weight excluding hydrogens is 232 g/mol. The van der Waals surface area contributed by atoms with E-state index in [1.165, 1.54) is 6.07 Å². The van der Waals surface area contributed by atoms with E-state index in [1.807, 2.05) is 7.05 Å². The van der Waals surface area contributed by atoms with Gasteiger partial charge in [-0.15, -0.1) is 0 Å². The van der Waals surface area contributed by atoms with E-state index in [1.54, 1.807) is 12.1 Å². The summed E-state index contributed by atoms with van der Waals surface area (Å²) in [7, 11) is 1.95. The lowest BCUT2D eigenvalue weighted by Crippen LogP contribution is -2.37. The summed E-state index contributed by atoms with van der Waals surface area (Å²) >= 11 is 0. The van der Waals surface area contributed by atoms with Crippen molar-refractivity contribution in [3.63, 3.8) is 0 Å². The number of nitrogen functional groups attached to an aromatic ring is 1. The van der Waals surface area contributed by atoms with Crippen LogP contribution in [0.1, 0.15) is 23.2 Å². The summed E-state index contributed by atoms with van der Waals surface area (Å²) in [5.41, 5.74) is 7.58. The highest BCUT2D eigenvalue weighted by Crippen LogP contribution is 2.28. The molecule has 18 heavy (non-hydrogen) atoms. The number of benzene rings is 1. The molecule has 0 bridgehead atoms. The van der Waals surface area contributed by atoms with Crippen LogP contribution in [-0.2, 0) is 4.74 Å². The minimum Gasteiger partial charge on any atom is -0.478 e. The lowest BCUT2D eigenvalue weighted by atomic mass is 10.1. The summed E-state index contributed by atoms with van der Waals surface area (Å²) in [4.78, 5) is 13.0. The summed E-state index contributed by atoms with van der Waals surface area (Å²) in [6, 6.07) is 5.16.